The minimum Gasteiger partial charge on any atom is -0.461 e. The van der Waals surface area contributed by atoms with Crippen molar-refractivity contribution in [1.29, 1.82) is 5.26 Å². The molecule has 56 heavy (non-hydrogen) atoms. The first-order valence-corrected chi connectivity index (χ1v) is 19.8. The average molecular weight is 801 g/mol. The first kappa shape index (κ1) is 42.5. The predicted octanol–water partition coefficient (Wildman–Crippen LogP) is 2.34. The maximum absolute atomic E-state index is 14.7. The van der Waals surface area contributed by atoms with Gasteiger partial charge in [-0.25, -0.2) is 14.1 Å². The molecule has 2 fully saturated rings. The molecule has 0 saturated carbocycles. The van der Waals surface area contributed by atoms with Gasteiger partial charge in [0.2, 0.25) is 5.60 Å². The number of fused-ring (bicyclic) bond motifs is 1. The Labute approximate surface area is 324 Å². The van der Waals surface area contributed by atoms with Crippen LogP contribution >= 0.6 is 7.75 Å². The Balaban J connectivity index is 1.55. The summed E-state index contributed by atoms with van der Waals surface area (Å²) in [5.74, 6) is -3.19. The van der Waals surface area contributed by atoms with Crippen LogP contribution in [0.15, 0.2) is 48.8 Å². The number of nitrogen functional groups attached to an aromatic ring is 1. The van der Waals surface area contributed by atoms with Gasteiger partial charge in [-0.2, -0.15) is 15.4 Å². The van der Waals surface area contributed by atoms with Gasteiger partial charge in [-0.1, -0.05) is 45.9 Å². The number of para-hydroxylation sites is 1. The van der Waals surface area contributed by atoms with E-state index < -0.39 is 86.3 Å². The van der Waals surface area contributed by atoms with Crippen LogP contribution in [0.5, 0.6) is 5.75 Å². The Morgan fingerprint density at radius 2 is 1.62 bits per heavy atom. The third-order valence-electron chi connectivity index (χ3n) is 9.44. The van der Waals surface area contributed by atoms with Crippen molar-refractivity contribution < 1.29 is 51.7 Å². The number of hydrogen-bond donors (Lipinski definition) is 4. The second-order valence-corrected chi connectivity index (χ2v) is 16.0. The molecule has 8 atom stereocenters. The van der Waals surface area contributed by atoms with Gasteiger partial charge in [0.25, 0.3) is 0 Å². The van der Waals surface area contributed by atoms with Crippen molar-refractivity contribution in [3.05, 3.63) is 54.5 Å². The number of rotatable bonds is 16. The van der Waals surface area contributed by atoms with Gasteiger partial charge in [-0.05, 0) is 43.0 Å². The van der Waals surface area contributed by atoms with Crippen LogP contribution in [0.2, 0.25) is 0 Å². The summed E-state index contributed by atoms with van der Waals surface area (Å²) in [6.07, 6.45) is -3.01. The Morgan fingerprint density at radius 3 is 2.25 bits per heavy atom. The molecule has 0 spiro atoms. The maximum Gasteiger partial charge on any atom is 0.459 e. The molecule has 0 bridgehead atoms. The number of nitrogens with one attached hydrogen (secondary N) is 1. The molecule has 1 aromatic carbocycles. The highest BCUT2D eigenvalue weighted by molar-refractivity contribution is 7.52. The smallest absolute Gasteiger partial charge is 0.459 e. The van der Waals surface area contributed by atoms with Gasteiger partial charge in [0.05, 0.1) is 18.9 Å². The quantitative estimate of drug-likeness (QED) is 0.0919. The molecule has 2 aromatic heterocycles. The fourth-order valence-electron chi connectivity index (χ4n) is 5.93. The molecule has 3 unspecified atom stereocenters. The van der Waals surface area contributed by atoms with E-state index in [4.69, 9.17) is 49.9 Å². The third kappa shape index (κ3) is 9.64. The summed E-state index contributed by atoms with van der Waals surface area (Å²) in [6.45, 7) is 8.10. The summed E-state index contributed by atoms with van der Waals surface area (Å²) in [7, 11) is -4.65. The number of hydrogen-bond acceptors (Lipinski definition) is 17. The molecule has 3 aromatic rings. The number of nitrogens with zero attached hydrogens (tertiary/aromatic N) is 4. The molecular weight excluding hydrogens is 751 g/mol. The number of nitrogens with two attached hydrogens (primary N) is 3. The zero-order chi connectivity index (χ0) is 40.8. The summed E-state index contributed by atoms with van der Waals surface area (Å²) in [6, 6.07) is 9.53. The van der Waals surface area contributed by atoms with Crippen LogP contribution in [-0.4, -0.2) is 94.4 Å². The van der Waals surface area contributed by atoms with E-state index in [1.54, 1.807) is 58.0 Å². The first-order chi connectivity index (χ1) is 26.6. The molecule has 2 saturated heterocycles. The zero-order valence-corrected chi connectivity index (χ0v) is 32.7. The van der Waals surface area contributed by atoms with Gasteiger partial charge >= 0.3 is 25.7 Å². The highest BCUT2D eigenvalue weighted by Crippen LogP contribution is 2.50. The second kappa shape index (κ2) is 18.1. The summed E-state index contributed by atoms with van der Waals surface area (Å²) in [5.41, 5.74) is 16.7. The molecule has 2 aliphatic heterocycles. The monoisotopic (exact) mass is 800 g/mol. The zero-order valence-electron chi connectivity index (χ0n) is 31.8. The largest absolute Gasteiger partial charge is 0.461 e. The van der Waals surface area contributed by atoms with Crippen molar-refractivity contribution in [1.82, 2.24) is 19.7 Å². The number of nitriles is 1. The van der Waals surface area contributed by atoms with Crippen LogP contribution in [-0.2, 0) is 47.2 Å². The summed E-state index contributed by atoms with van der Waals surface area (Å²) >= 11 is 0. The Kier molecular flexibility index (Phi) is 13.7. The highest BCUT2D eigenvalue weighted by atomic mass is 31.2. The summed E-state index contributed by atoms with van der Waals surface area (Å²) < 4.78 is 57.1. The minimum atomic E-state index is -4.65. The second-order valence-electron chi connectivity index (χ2n) is 14.3. The lowest BCUT2D eigenvalue weighted by Crippen LogP contribution is -2.53. The van der Waals surface area contributed by atoms with Gasteiger partial charge in [0.1, 0.15) is 60.6 Å². The Bertz CT molecular complexity index is 1940. The van der Waals surface area contributed by atoms with E-state index in [2.05, 4.69) is 15.2 Å². The van der Waals surface area contributed by atoms with Gasteiger partial charge in [0.15, 0.2) is 18.0 Å². The topological polar surface area (TPSA) is 277 Å². The van der Waals surface area contributed by atoms with Crippen molar-refractivity contribution in [2.45, 2.75) is 95.6 Å². The van der Waals surface area contributed by atoms with Crippen LogP contribution < -0.4 is 26.8 Å². The molecule has 0 aliphatic carbocycles. The lowest BCUT2D eigenvalue weighted by atomic mass is 9.95. The molecule has 5 rings (SSSR count). The van der Waals surface area contributed by atoms with E-state index >= 15 is 0 Å². The number of benzene rings is 1. The Hall–Kier alpha value is -4.67. The van der Waals surface area contributed by atoms with Crippen LogP contribution in [0.4, 0.5) is 5.82 Å². The standard InChI is InChI=1S/C36H49N8O11P/c1-20(2)27(38)34(46)52-30-29(25-11-12-26-32(40)41-19-42-44(25)26)54-36(17-37,31(30)53-35(47)28(39)21(3)4)18-50-56(48,55-24-9-7-6-8-10-24)43-22(5)33(45)51-23-13-15-49-16-14-23/h6-12,19-23,27-31H,13-16,18,38-39H2,1-5H3,(H,43,48)(H2,40,41,42)/t22-,27?,28?,29-,30-,31-,36-,56?/m0/s1. The van der Waals surface area contributed by atoms with Gasteiger partial charge in [-0.3, -0.25) is 18.9 Å². The fourth-order valence-corrected chi connectivity index (χ4v) is 7.45. The van der Waals surface area contributed by atoms with Crippen molar-refractivity contribution in [3.8, 4) is 11.8 Å². The van der Waals surface area contributed by atoms with E-state index in [0.717, 1.165) is 0 Å². The fraction of sp³-hybridized carbons (Fsp3) is 0.556. The number of anilines is 1. The van der Waals surface area contributed by atoms with Gasteiger partial charge in [0, 0.05) is 12.8 Å². The van der Waals surface area contributed by atoms with Crippen LogP contribution in [0.25, 0.3) is 5.52 Å². The lowest BCUT2D eigenvalue weighted by Gasteiger charge is -2.32. The van der Waals surface area contributed by atoms with Crippen LogP contribution in [0, 0.1) is 23.2 Å². The molecule has 4 heterocycles. The van der Waals surface area contributed by atoms with Crippen molar-refractivity contribution in [2.75, 3.05) is 25.6 Å². The molecule has 0 radical (unpaired) electrons. The molecular formula is C36H49N8O11P. The van der Waals surface area contributed by atoms with E-state index in [-0.39, 0.29) is 23.2 Å². The van der Waals surface area contributed by atoms with Crippen molar-refractivity contribution in [3.63, 3.8) is 0 Å². The number of carbonyl (C=O) groups is 3. The third-order valence-corrected chi connectivity index (χ3v) is 11.1. The number of carbonyl (C=O) groups excluding carboxylic acids is 3. The predicted molar refractivity (Wildman–Crippen MR) is 198 cm³/mol. The normalized spacial score (nSPS) is 24.2. The van der Waals surface area contributed by atoms with Crippen LogP contribution in [0.1, 0.15) is 59.3 Å². The number of esters is 3. The highest BCUT2D eigenvalue weighted by Gasteiger charge is 2.62. The number of ether oxygens (including phenoxy) is 5. The maximum atomic E-state index is 14.7. The summed E-state index contributed by atoms with van der Waals surface area (Å²) in [4.78, 5) is 44.3. The first-order valence-electron chi connectivity index (χ1n) is 18.2. The van der Waals surface area contributed by atoms with Gasteiger partial charge < -0.3 is 45.4 Å². The van der Waals surface area contributed by atoms with E-state index in [1.165, 1.54) is 29.9 Å². The van der Waals surface area contributed by atoms with E-state index in [1.807, 2.05) is 6.07 Å². The van der Waals surface area contributed by atoms with E-state index in [9.17, 15) is 24.2 Å². The molecule has 7 N–H and O–H groups in total. The molecule has 0 amide bonds. The molecule has 19 nitrogen and oxygen atoms in total. The van der Waals surface area contributed by atoms with Gasteiger partial charge in [-0.15, -0.1) is 0 Å². The molecule has 20 heteroatoms. The van der Waals surface area contributed by atoms with Crippen molar-refractivity contribution in [2.24, 2.45) is 23.3 Å². The summed E-state index contributed by atoms with van der Waals surface area (Å²) in [5, 5.41) is 17.8. The van der Waals surface area contributed by atoms with E-state index in [0.29, 0.717) is 31.6 Å². The Morgan fingerprint density at radius 1 is 0.982 bits per heavy atom. The molecule has 2 aliphatic rings. The average Bonchev–Trinajstić information content (AvgIpc) is 3.74. The minimum absolute atomic E-state index is 0.0850. The molecule has 304 valence electrons. The number of aromatic nitrogens is 3. The van der Waals surface area contributed by atoms with Crippen LogP contribution in [0.3, 0.4) is 0 Å². The lowest BCUT2D eigenvalue weighted by molar-refractivity contribution is -0.172. The van der Waals surface area contributed by atoms with Crippen molar-refractivity contribution >= 4 is 37.0 Å². The SMILES string of the molecule is CC(C)C(N)C(=O)O[C@H]1[C@H](c2ccc3c(N)ncnn23)O[C@@](C#N)(COP(=O)(N[C@@H](C)C(=O)OC2CCOCC2)Oc2ccccc2)[C@H]1OC(=O)C(N)C(C)C.